The molecule has 0 fully saturated rings. The van der Waals surface area contributed by atoms with Crippen LogP contribution < -0.4 is 22.0 Å². The van der Waals surface area contributed by atoms with E-state index in [1.165, 1.54) is 11.1 Å². The first-order valence-corrected chi connectivity index (χ1v) is 12.8. The molecule has 6 heteroatoms. The molecule has 0 atom stereocenters. The van der Waals surface area contributed by atoms with E-state index in [0.29, 0.717) is 34.8 Å². The van der Waals surface area contributed by atoms with Crippen molar-refractivity contribution in [2.75, 3.05) is 13.1 Å². The number of hydrogen-bond acceptors (Lipinski definition) is 4. The predicted molar refractivity (Wildman–Crippen MR) is 151 cm³/mol. The minimum atomic E-state index is -0.355. The van der Waals surface area contributed by atoms with E-state index in [9.17, 15) is 9.90 Å². The van der Waals surface area contributed by atoms with Crippen molar-refractivity contribution in [1.82, 2.24) is 4.98 Å². The van der Waals surface area contributed by atoms with Crippen molar-refractivity contribution < 1.29 is 9.90 Å². The standard InChI is InChI=1S/C32H28N4O2/c33-15-13-19-1-5-21(6-2-19)23-9-11-25-27(17-23)35-31(37)29(25)30-26-12-10-24(18-28(26)36-32(30)38)22-7-3-20(4-8-22)14-16-34/h1-12,17-18,35,37H,13-16,33-34H2. The van der Waals surface area contributed by atoms with Crippen molar-refractivity contribution in [2.24, 2.45) is 16.5 Å². The van der Waals surface area contributed by atoms with Gasteiger partial charge >= 0.3 is 0 Å². The maximum absolute atomic E-state index is 13.1. The number of nitrogens with two attached hydrogens (primary N) is 2. The molecule has 0 spiro atoms. The van der Waals surface area contributed by atoms with Crippen LogP contribution in [0, 0.1) is 0 Å². The Balaban J connectivity index is 1.40. The quantitative estimate of drug-likeness (QED) is 0.273. The summed E-state index contributed by atoms with van der Waals surface area (Å²) in [5.74, 6) is -0.396. The molecule has 1 aliphatic rings. The zero-order valence-corrected chi connectivity index (χ0v) is 20.9. The average molecular weight is 501 g/mol. The minimum Gasteiger partial charge on any atom is -0.494 e. The number of carbonyl (C=O) groups excluding carboxylic acids is 1. The van der Waals surface area contributed by atoms with Gasteiger partial charge in [0.15, 0.2) is 5.88 Å². The molecule has 5 aromatic rings. The van der Waals surface area contributed by atoms with Crippen LogP contribution in [0.1, 0.15) is 16.7 Å². The molecule has 6 nitrogen and oxygen atoms in total. The molecular formula is C32H28N4O2. The Labute approximate surface area is 220 Å². The lowest BCUT2D eigenvalue weighted by atomic mass is 9.97. The highest BCUT2D eigenvalue weighted by Crippen LogP contribution is 2.35. The fraction of sp³-hybridized carbons (Fsp3) is 0.125. The van der Waals surface area contributed by atoms with E-state index in [1.54, 1.807) is 0 Å². The van der Waals surface area contributed by atoms with E-state index in [-0.39, 0.29) is 11.8 Å². The number of aromatic hydroxyl groups is 1. The molecule has 1 aliphatic heterocycles. The number of benzene rings is 4. The van der Waals surface area contributed by atoms with Gasteiger partial charge in [-0.15, -0.1) is 0 Å². The second kappa shape index (κ2) is 9.74. The van der Waals surface area contributed by atoms with Gasteiger partial charge in [-0.1, -0.05) is 72.8 Å². The van der Waals surface area contributed by atoms with E-state index in [4.69, 9.17) is 11.5 Å². The molecule has 1 amide bonds. The Morgan fingerprint density at radius 1 is 0.711 bits per heavy atom. The summed E-state index contributed by atoms with van der Waals surface area (Å²) in [6.45, 7) is 1.23. The van der Waals surface area contributed by atoms with Gasteiger partial charge in [0.05, 0.1) is 16.5 Å². The van der Waals surface area contributed by atoms with Crippen molar-refractivity contribution in [3.05, 3.63) is 112 Å². The summed E-state index contributed by atoms with van der Waals surface area (Å²) in [6, 6.07) is 28.3. The highest BCUT2D eigenvalue weighted by Gasteiger charge is 2.25. The van der Waals surface area contributed by atoms with Gasteiger partial charge in [0.25, 0.3) is 5.91 Å². The van der Waals surface area contributed by atoms with Gasteiger partial charge in [-0.2, -0.15) is 0 Å². The minimum absolute atomic E-state index is 0.0404. The third kappa shape index (κ3) is 4.20. The average Bonchev–Trinajstić information content (AvgIpc) is 3.43. The van der Waals surface area contributed by atoms with E-state index in [0.717, 1.165) is 46.0 Å². The van der Waals surface area contributed by atoms with Crippen molar-refractivity contribution in [3.63, 3.8) is 0 Å². The number of aromatic amines is 1. The largest absolute Gasteiger partial charge is 0.494 e. The summed E-state index contributed by atoms with van der Waals surface area (Å²) >= 11 is 0. The number of carbonyl (C=O) groups is 1. The monoisotopic (exact) mass is 500 g/mol. The van der Waals surface area contributed by atoms with Crippen LogP contribution in [0.25, 0.3) is 38.7 Å². The van der Waals surface area contributed by atoms with E-state index in [1.807, 2.05) is 36.4 Å². The lowest BCUT2D eigenvalue weighted by Gasteiger charge is -2.05. The predicted octanol–water partition coefficient (Wildman–Crippen LogP) is 3.57. The summed E-state index contributed by atoms with van der Waals surface area (Å²) in [5, 5.41) is 13.0. The first-order valence-electron chi connectivity index (χ1n) is 12.8. The molecule has 0 aliphatic carbocycles. The molecule has 0 bridgehead atoms. The maximum atomic E-state index is 13.1. The number of H-pyrrole nitrogens is 1. The van der Waals surface area contributed by atoms with E-state index >= 15 is 0 Å². The summed E-state index contributed by atoms with van der Waals surface area (Å²) in [6.07, 6.45) is 1.68. The second-order valence-electron chi connectivity index (χ2n) is 9.60. The summed E-state index contributed by atoms with van der Waals surface area (Å²) in [5.41, 5.74) is 19.5. The molecule has 38 heavy (non-hydrogen) atoms. The number of hydrogen-bond donors (Lipinski definition) is 4. The van der Waals surface area contributed by atoms with Crippen molar-refractivity contribution >= 4 is 22.4 Å². The van der Waals surface area contributed by atoms with Crippen molar-refractivity contribution in [3.8, 4) is 28.1 Å². The van der Waals surface area contributed by atoms with Crippen LogP contribution >= 0.6 is 0 Å². The Bertz CT molecular complexity index is 1800. The van der Waals surface area contributed by atoms with Gasteiger partial charge < -0.3 is 21.6 Å². The number of nitrogens with one attached hydrogen (secondary N) is 1. The smallest absolute Gasteiger partial charge is 0.279 e. The van der Waals surface area contributed by atoms with Crippen LogP contribution in [0.5, 0.6) is 5.88 Å². The van der Waals surface area contributed by atoms with Crippen LogP contribution in [-0.2, 0) is 17.6 Å². The van der Waals surface area contributed by atoms with Crippen LogP contribution in [0.2, 0.25) is 0 Å². The highest BCUT2D eigenvalue weighted by atomic mass is 16.3. The van der Waals surface area contributed by atoms with Crippen LogP contribution in [-0.4, -0.2) is 29.1 Å². The summed E-state index contributed by atoms with van der Waals surface area (Å²) in [7, 11) is 0. The van der Waals surface area contributed by atoms with Crippen molar-refractivity contribution in [2.45, 2.75) is 12.8 Å². The van der Waals surface area contributed by atoms with Crippen LogP contribution in [0.4, 0.5) is 0 Å². The summed E-state index contributed by atoms with van der Waals surface area (Å²) < 4.78 is 0. The molecule has 6 rings (SSSR count). The zero-order chi connectivity index (χ0) is 26.2. The molecule has 0 saturated heterocycles. The molecule has 4 aromatic carbocycles. The molecule has 1 aromatic heterocycles. The third-order valence-electron chi connectivity index (χ3n) is 7.17. The summed E-state index contributed by atoms with van der Waals surface area (Å²) in [4.78, 5) is 20.5. The Kier molecular flexibility index (Phi) is 6.12. The van der Waals surface area contributed by atoms with Gasteiger partial charge in [-0.05, 0) is 71.4 Å². The Morgan fingerprint density at radius 3 is 1.87 bits per heavy atom. The topological polar surface area (TPSA) is 117 Å². The van der Waals surface area contributed by atoms with Crippen LogP contribution in [0.3, 0.4) is 0 Å². The zero-order valence-electron chi connectivity index (χ0n) is 20.9. The molecule has 0 radical (unpaired) electrons. The molecular weight excluding hydrogens is 472 g/mol. The lowest BCUT2D eigenvalue weighted by molar-refractivity contribution is -0.112. The maximum Gasteiger partial charge on any atom is 0.279 e. The fourth-order valence-electron chi connectivity index (χ4n) is 5.21. The SMILES string of the molecule is NCCc1ccc(-c2ccc3c(c2)=NC(=O)C=3c2c(O)[nH]c3cc(-c4ccc(CCN)cc4)ccc23)cc1. The number of aromatic nitrogens is 1. The van der Waals surface area contributed by atoms with E-state index in [2.05, 4.69) is 58.5 Å². The normalized spacial score (nSPS) is 12.7. The third-order valence-corrected chi connectivity index (χ3v) is 7.17. The number of amides is 1. The molecule has 6 N–H and O–H groups in total. The molecule has 2 heterocycles. The first-order chi connectivity index (χ1) is 18.6. The number of rotatable bonds is 7. The number of nitrogens with zero attached hydrogens (tertiary/aromatic N) is 1. The van der Waals surface area contributed by atoms with Gasteiger partial charge in [0, 0.05) is 16.1 Å². The van der Waals surface area contributed by atoms with E-state index < -0.39 is 0 Å². The van der Waals surface area contributed by atoms with Gasteiger partial charge in [0.1, 0.15) is 0 Å². The van der Waals surface area contributed by atoms with Crippen LogP contribution in [0.15, 0.2) is 89.9 Å². The first kappa shape index (κ1) is 23.9. The Hall–Kier alpha value is -4.52. The molecule has 0 unspecified atom stereocenters. The van der Waals surface area contributed by atoms with Crippen molar-refractivity contribution in [1.29, 1.82) is 0 Å². The highest BCUT2D eigenvalue weighted by molar-refractivity contribution is 6.25. The second-order valence-corrected chi connectivity index (χ2v) is 9.60. The van der Waals surface area contributed by atoms with Gasteiger partial charge in [-0.25, -0.2) is 4.99 Å². The lowest BCUT2D eigenvalue weighted by Crippen LogP contribution is -2.23. The fourth-order valence-corrected chi connectivity index (χ4v) is 5.21. The molecule has 0 saturated carbocycles. The van der Waals surface area contributed by atoms with Gasteiger partial charge in [0.2, 0.25) is 0 Å². The molecule has 188 valence electrons. The Morgan fingerprint density at radius 2 is 1.26 bits per heavy atom. The number of fused-ring (bicyclic) bond motifs is 2. The van der Waals surface area contributed by atoms with Gasteiger partial charge in [-0.3, -0.25) is 4.79 Å².